The van der Waals surface area contributed by atoms with E-state index in [0.29, 0.717) is 18.3 Å². The van der Waals surface area contributed by atoms with Crippen molar-refractivity contribution in [3.8, 4) is 0 Å². The first-order chi connectivity index (χ1) is 6.59. The van der Waals surface area contributed by atoms with Crippen LogP contribution in [0.2, 0.25) is 0 Å². The fraction of sp³-hybridized carbons (Fsp3) is 0.727. The summed E-state index contributed by atoms with van der Waals surface area (Å²) < 4.78 is 5.21. The first kappa shape index (κ1) is 9.71. The van der Waals surface area contributed by atoms with E-state index in [1.54, 1.807) is 0 Å². The molecule has 14 heavy (non-hydrogen) atoms. The van der Waals surface area contributed by atoms with Crippen LogP contribution in [0.4, 0.5) is 0 Å². The monoisotopic (exact) mass is 196 g/mol. The molecule has 1 aliphatic heterocycles. The predicted octanol–water partition coefficient (Wildman–Crippen LogP) is 1.27. The number of esters is 1. The molecule has 78 valence electrons. The molecule has 0 radical (unpaired) electrons. The number of allylic oxidation sites excluding steroid dienone is 1. The topological polar surface area (TPSA) is 46.5 Å². The third-order valence-corrected chi connectivity index (χ3v) is 3.40. The van der Waals surface area contributed by atoms with Crippen LogP contribution in [0.25, 0.3) is 0 Å². The van der Waals surface area contributed by atoms with E-state index in [2.05, 4.69) is 13.0 Å². The van der Waals surface area contributed by atoms with Gasteiger partial charge in [-0.25, -0.2) is 0 Å². The van der Waals surface area contributed by atoms with E-state index < -0.39 is 6.10 Å². The van der Waals surface area contributed by atoms with Crippen molar-refractivity contribution in [1.29, 1.82) is 0 Å². The van der Waals surface area contributed by atoms with E-state index in [4.69, 9.17) is 4.74 Å². The third kappa shape index (κ3) is 1.46. The highest BCUT2D eigenvalue weighted by Crippen LogP contribution is 2.37. The van der Waals surface area contributed by atoms with Crippen molar-refractivity contribution in [2.75, 3.05) is 0 Å². The van der Waals surface area contributed by atoms with Gasteiger partial charge in [-0.3, -0.25) is 4.79 Å². The largest absolute Gasteiger partial charge is 0.459 e. The summed E-state index contributed by atoms with van der Waals surface area (Å²) in [5, 5.41) is 9.86. The van der Waals surface area contributed by atoms with Gasteiger partial charge in [0.05, 0.1) is 0 Å². The number of aliphatic hydroxyl groups is 1. The van der Waals surface area contributed by atoms with Gasteiger partial charge in [-0.05, 0) is 24.8 Å². The maximum atomic E-state index is 11.2. The predicted molar refractivity (Wildman–Crippen MR) is 51.5 cm³/mol. The summed E-state index contributed by atoms with van der Waals surface area (Å²) in [6, 6.07) is 0. The molecule has 0 unspecified atom stereocenters. The number of ether oxygens (including phenoxy) is 1. The van der Waals surface area contributed by atoms with Crippen molar-refractivity contribution in [2.24, 2.45) is 11.8 Å². The lowest BCUT2D eigenvalue weighted by Gasteiger charge is -2.40. The summed E-state index contributed by atoms with van der Waals surface area (Å²) in [4.78, 5) is 11.2. The Morgan fingerprint density at radius 2 is 2.29 bits per heavy atom. The molecule has 1 N–H and O–H groups in total. The Morgan fingerprint density at radius 3 is 3.00 bits per heavy atom. The van der Waals surface area contributed by atoms with Gasteiger partial charge >= 0.3 is 5.97 Å². The van der Waals surface area contributed by atoms with Crippen LogP contribution in [0.1, 0.15) is 26.7 Å². The minimum Gasteiger partial charge on any atom is -0.459 e. The molecule has 0 aromatic rings. The molecule has 1 heterocycles. The fourth-order valence-corrected chi connectivity index (χ4v) is 2.39. The lowest BCUT2D eigenvalue weighted by atomic mass is 9.75. The van der Waals surface area contributed by atoms with Crippen LogP contribution >= 0.6 is 0 Å². The van der Waals surface area contributed by atoms with Crippen molar-refractivity contribution >= 4 is 5.97 Å². The molecular formula is C11H16O3. The lowest BCUT2D eigenvalue weighted by molar-refractivity contribution is -0.171. The zero-order valence-corrected chi connectivity index (χ0v) is 8.56. The summed E-state index contributed by atoms with van der Waals surface area (Å²) in [7, 11) is 0. The van der Waals surface area contributed by atoms with Gasteiger partial charge < -0.3 is 9.84 Å². The van der Waals surface area contributed by atoms with Crippen LogP contribution < -0.4 is 0 Å². The van der Waals surface area contributed by atoms with E-state index in [-0.39, 0.29) is 12.1 Å². The second-order valence-corrected chi connectivity index (χ2v) is 4.43. The zero-order chi connectivity index (χ0) is 10.3. The molecule has 0 saturated carbocycles. The lowest BCUT2D eigenvalue weighted by Crippen LogP contribution is -2.47. The Hall–Kier alpha value is -0.830. The Morgan fingerprint density at radius 1 is 1.57 bits per heavy atom. The van der Waals surface area contributed by atoms with Crippen LogP contribution in [-0.4, -0.2) is 23.3 Å². The van der Waals surface area contributed by atoms with E-state index in [1.807, 2.05) is 6.92 Å². The van der Waals surface area contributed by atoms with Crippen LogP contribution in [0.3, 0.4) is 0 Å². The Labute approximate surface area is 83.8 Å². The van der Waals surface area contributed by atoms with Gasteiger partial charge in [0.25, 0.3) is 0 Å². The molecule has 1 aliphatic carbocycles. The molecule has 0 bridgehead atoms. The second kappa shape index (κ2) is 3.39. The highest BCUT2D eigenvalue weighted by molar-refractivity contribution is 5.71. The van der Waals surface area contributed by atoms with Crippen LogP contribution in [0.5, 0.6) is 0 Å². The quantitative estimate of drug-likeness (QED) is 0.468. The first-order valence-corrected chi connectivity index (χ1v) is 5.14. The third-order valence-electron chi connectivity index (χ3n) is 3.40. The smallest absolute Gasteiger partial charge is 0.306 e. The Bertz CT molecular complexity index is 282. The highest BCUT2D eigenvalue weighted by Gasteiger charge is 2.42. The van der Waals surface area contributed by atoms with Gasteiger partial charge in [0, 0.05) is 12.3 Å². The van der Waals surface area contributed by atoms with Gasteiger partial charge in [0.15, 0.2) is 0 Å². The van der Waals surface area contributed by atoms with E-state index in [0.717, 1.165) is 12.0 Å². The summed E-state index contributed by atoms with van der Waals surface area (Å²) in [6.45, 7) is 3.94. The summed E-state index contributed by atoms with van der Waals surface area (Å²) in [5.74, 6) is 0.444. The average molecular weight is 196 g/mol. The number of carbonyl (C=O) groups is 1. The molecule has 0 amide bonds. The van der Waals surface area contributed by atoms with Gasteiger partial charge in [-0.15, -0.1) is 0 Å². The summed E-state index contributed by atoms with van der Waals surface area (Å²) in [5.41, 5.74) is 0.924. The van der Waals surface area contributed by atoms with E-state index in [9.17, 15) is 9.90 Å². The van der Waals surface area contributed by atoms with Gasteiger partial charge in [-0.1, -0.05) is 13.0 Å². The molecule has 0 spiro atoms. The minimum absolute atomic E-state index is 0.174. The van der Waals surface area contributed by atoms with Crippen LogP contribution in [0.15, 0.2) is 11.6 Å². The van der Waals surface area contributed by atoms with E-state index in [1.165, 1.54) is 0 Å². The molecule has 0 aromatic heterocycles. The number of fused-ring (bicyclic) bond motifs is 1. The van der Waals surface area contributed by atoms with Crippen molar-refractivity contribution in [3.63, 3.8) is 0 Å². The van der Waals surface area contributed by atoms with Gasteiger partial charge in [0.2, 0.25) is 0 Å². The number of carbonyl (C=O) groups excluding carboxylic acids is 1. The second-order valence-electron chi connectivity index (χ2n) is 4.43. The van der Waals surface area contributed by atoms with Crippen LogP contribution in [0, 0.1) is 11.8 Å². The number of hydrogen-bond donors (Lipinski definition) is 1. The van der Waals surface area contributed by atoms with Crippen molar-refractivity contribution in [2.45, 2.75) is 38.9 Å². The molecule has 3 nitrogen and oxygen atoms in total. The standard InChI is InChI=1S/C11H16O3/c1-6-3-4-8-7(2)5-9(12)14-11(8)10(6)13/h3,7-8,10-11,13H,4-5H2,1-2H3/t7-,8-,10-,11-/m1/s1. The van der Waals surface area contributed by atoms with Gasteiger partial charge in [0.1, 0.15) is 12.2 Å². The maximum absolute atomic E-state index is 11.2. The molecule has 2 rings (SSSR count). The highest BCUT2D eigenvalue weighted by atomic mass is 16.6. The first-order valence-electron chi connectivity index (χ1n) is 5.14. The molecular weight excluding hydrogens is 180 g/mol. The van der Waals surface area contributed by atoms with Gasteiger partial charge in [-0.2, -0.15) is 0 Å². The normalized spacial score (nSPS) is 42.5. The van der Waals surface area contributed by atoms with Crippen LogP contribution in [-0.2, 0) is 9.53 Å². The molecule has 2 aliphatic rings. The van der Waals surface area contributed by atoms with Crippen molar-refractivity contribution in [3.05, 3.63) is 11.6 Å². The van der Waals surface area contributed by atoms with E-state index >= 15 is 0 Å². The maximum Gasteiger partial charge on any atom is 0.306 e. The van der Waals surface area contributed by atoms with Crippen molar-refractivity contribution in [1.82, 2.24) is 0 Å². The average Bonchev–Trinajstić information content (AvgIpc) is 2.12. The zero-order valence-electron chi connectivity index (χ0n) is 8.56. The number of hydrogen-bond acceptors (Lipinski definition) is 3. The molecule has 1 saturated heterocycles. The fourth-order valence-electron chi connectivity index (χ4n) is 2.39. The molecule has 1 fully saturated rings. The minimum atomic E-state index is -0.597. The van der Waals surface area contributed by atoms with Crippen molar-refractivity contribution < 1.29 is 14.6 Å². The summed E-state index contributed by atoms with van der Waals surface area (Å²) in [6.07, 6.45) is 2.56. The SMILES string of the molecule is CC1=CC[C@H]2[C@@H](OC(=O)C[C@H]2C)[C@@H]1O. The molecule has 3 heteroatoms. The summed E-state index contributed by atoms with van der Waals surface area (Å²) >= 11 is 0. The molecule has 0 aromatic carbocycles. The number of rotatable bonds is 0. The molecule has 4 atom stereocenters. The Balaban J connectivity index is 2.23. The number of aliphatic hydroxyl groups excluding tert-OH is 1. The Kier molecular flexibility index (Phi) is 2.35.